The highest BCUT2D eigenvalue weighted by Crippen LogP contribution is 2.26. The van der Waals surface area contributed by atoms with Gasteiger partial charge in [0.1, 0.15) is 13.2 Å². The standard InChI is InChI=1S/C10H17NO4/c1-2-5-11(8-3-4-8)9(12)6-15-7-10(13)14/h8H,2-7H2,1H3,(H,13,14). The second-order valence-corrected chi connectivity index (χ2v) is 3.70. The first-order valence-electron chi connectivity index (χ1n) is 5.24. The molecule has 0 unspecified atom stereocenters. The van der Waals surface area contributed by atoms with Gasteiger partial charge < -0.3 is 14.7 Å². The molecule has 0 aliphatic heterocycles. The molecular weight excluding hydrogens is 198 g/mol. The SMILES string of the molecule is CCCN(C(=O)COCC(=O)O)C1CC1. The van der Waals surface area contributed by atoms with E-state index in [1.54, 1.807) is 4.90 Å². The Kier molecular flexibility index (Phi) is 4.55. The van der Waals surface area contributed by atoms with Crippen molar-refractivity contribution in [3.63, 3.8) is 0 Å². The zero-order valence-corrected chi connectivity index (χ0v) is 8.94. The van der Waals surface area contributed by atoms with Gasteiger partial charge in [0, 0.05) is 12.6 Å². The summed E-state index contributed by atoms with van der Waals surface area (Å²) in [5, 5.41) is 8.34. The minimum Gasteiger partial charge on any atom is -0.480 e. The van der Waals surface area contributed by atoms with E-state index in [1.165, 1.54) is 0 Å². The number of hydrogen-bond acceptors (Lipinski definition) is 3. The molecule has 0 spiro atoms. The van der Waals surface area contributed by atoms with Gasteiger partial charge in [-0.25, -0.2) is 4.79 Å². The summed E-state index contributed by atoms with van der Waals surface area (Å²) in [5.74, 6) is -1.14. The highest BCUT2D eigenvalue weighted by molar-refractivity contribution is 5.78. The van der Waals surface area contributed by atoms with Gasteiger partial charge in [-0.05, 0) is 19.3 Å². The lowest BCUT2D eigenvalue weighted by atomic mass is 10.4. The number of carbonyl (C=O) groups excluding carboxylic acids is 1. The molecule has 1 saturated carbocycles. The van der Waals surface area contributed by atoms with Crippen molar-refractivity contribution in [2.75, 3.05) is 19.8 Å². The average molecular weight is 215 g/mol. The molecule has 1 amide bonds. The molecule has 0 aromatic rings. The van der Waals surface area contributed by atoms with Gasteiger partial charge in [-0.3, -0.25) is 4.79 Å². The van der Waals surface area contributed by atoms with E-state index < -0.39 is 12.6 Å². The number of nitrogens with zero attached hydrogens (tertiary/aromatic N) is 1. The van der Waals surface area contributed by atoms with Crippen LogP contribution in [0.5, 0.6) is 0 Å². The summed E-state index contributed by atoms with van der Waals surface area (Å²) in [5.41, 5.74) is 0. The van der Waals surface area contributed by atoms with Gasteiger partial charge in [0.05, 0.1) is 0 Å². The smallest absolute Gasteiger partial charge is 0.329 e. The van der Waals surface area contributed by atoms with Crippen LogP contribution in [0.3, 0.4) is 0 Å². The van der Waals surface area contributed by atoms with E-state index in [0.29, 0.717) is 6.04 Å². The van der Waals surface area contributed by atoms with Crippen LogP contribution in [0, 0.1) is 0 Å². The van der Waals surface area contributed by atoms with Crippen LogP contribution in [0.2, 0.25) is 0 Å². The molecule has 0 aromatic carbocycles. The van der Waals surface area contributed by atoms with Crippen molar-refractivity contribution in [3.05, 3.63) is 0 Å². The maximum absolute atomic E-state index is 11.6. The van der Waals surface area contributed by atoms with Gasteiger partial charge in [-0.2, -0.15) is 0 Å². The fourth-order valence-corrected chi connectivity index (χ4v) is 1.45. The molecule has 0 bridgehead atoms. The Morgan fingerprint density at radius 1 is 1.40 bits per heavy atom. The van der Waals surface area contributed by atoms with Crippen molar-refractivity contribution in [1.82, 2.24) is 4.90 Å². The van der Waals surface area contributed by atoms with E-state index in [-0.39, 0.29) is 12.5 Å². The monoisotopic (exact) mass is 215 g/mol. The molecule has 5 nitrogen and oxygen atoms in total. The summed E-state index contributed by atoms with van der Waals surface area (Å²) in [6.45, 7) is 2.22. The van der Waals surface area contributed by atoms with Crippen molar-refractivity contribution in [3.8, 4) is 0 Å². The second-order valence-electron chi connectivity index (χ2n) is 3.70. The number of hydrogen-bond donors (Lipinski definition) is 1. The van der Waals surface area contributed by atoms with E-state index in [4.69, 9.17) is 9.84 Å². The second kappa shape index (κ2) is 5.70. The normalized spacial score (nSPS) is 15.0. The summed E-state index contributed by atoms with van der Waals surface area (Å²) in [6, 6.07) is 0.367. The predicted molar refractivity (Wildman–Crippen MR) is 53.5 cm³/mol. The first-order valence-corrected chi connectivity index (χ1v) is 5.24. The fourth-order valence-electron chi connectivity index (χ4n) is 1.45. The zero-order chi connectivity index (χ0) is 11.3. The Bertz CT molecular complexity index is 238. The van der Waals surface area contributed by atoms with Gasteiger partial charge in [0.2, 0.25) is 5.91 Å². The third kappa shape index (κ3) is 4.29. The summed E-state index contributed by atoms with van der Waals surface area (Å²) in [7, 11) is 0. The molecule has 1 aliphatic rings. The van der Waals surface area contributed by atoms with Gasteiger partial charge in [-0.15, -0.1) is 0 Å². The molecule has 1 N–H and O–H groups in total. The lowest BCUT2D eigenvalue weighted by Gasteiger charge is -2.21. The molecule has 0 saturated heterocycles. The molecule has 1 rings (SSSR count). The Balaban J connectivity index is 2.25. The third-order valence-corrected chi connectivity index (χ3v) is 2.22. The number of aliphatic carboxylic acids is 1. The van der Waals surface area contributed by atoms with Gasteiger partial charge in [0.25, 0.3) is 0 Å². The zero-order valence-electron chi connectivity index (χ0n) is 8.94. The number of ether oxygens (including phenoxy) is 1. The first-order chi connectivity index (χ1) is 7.15. The Labute approximate surface area is 89.0 Å². The molecule has 5 heteroatoms. The topological polar surface area (TPSA) is 66.8 Å². The summed E-state index contributed by atoms with van der Waals surface area (Å²) in [6.07, 6.45) is 3.04. The highest BCUT2D eigenvalue weighted by Gasteiger charge is 2.31. The summed E-state index contributed by atoms with van der Waals surface area (Å²) in [4.78, 5) is 23.6. The summed E-state index contributed by atoms with van der Waals surface area (Å²) < 4.78 is 4.77. The van der Waals surface area contributed by atoms with Crippen molar-refractivity contribution < 1.29 is 19.4 Å². The summed E-state index contributed by atoms with van der Waals surface area (Å²) >= 11 is 0. The largest absolute Gasteiger partial charge is 0.480 e. The van der Waals surface area contributed by atoms with Crippen LogP contribution in [0.15, 0.2) is 0 Å². The minimum atomic E-state index is -1.05. The molecule has 1 aliphatic carbocycles. The van der Waals surface area contributed by atoms with Crippen LogP contribution >= 0.6 is 0 Å². The number of rotatable bonds is 7. The minimum absolute atomic E-state index is 0.0967. The fraction of sp³-hybridized carbons (Fsp3) is 0.800. The van der Waals surface area contributed by atoms with Crippen molar-refractivity contribution in [2.45, 2.75) is 32.2 Å². The van der Waals surface area contributed by atoms with Crippen LogP contribution in [-0.2, 0) is 14.3 Å². The van der Waals surface area contributed by atoms with Gasteiger partial charge in [-0.1, -0.05) is 6.92 Å². The van der Waals surface area contributed by atoms with Gasteiger partial charge in [0.15, 0.2) is 0 Å². The quantitative estimate of drug-likeness (QED) is 0.671. The van der Waals surface area contributed by atoms with E-state index in [0.717, 1.165) is 25.8 Å². The number of carboxylic acid groups (broad SMARTS) is 1. The first kappa shape index (κ1) is 12.0. The van der Waals surface area contributed by atoms with Crippen molar-refractivity contribution in [1.29, 1.82) is 0 Å². The van der Waals surface area contributed by atoms with Crippen LogP contribution in [0.25, 0.3) is 0 Å². The molecular formula is C10H17NO4. The Morgan fingerprint density at radius 3 is 2.53 bits per heavy atom. The van der Waals surface area contributed by atoms with E-state index in [2.05, 4.69) is 0 Å². The lowest BCUT2D eigenvalue weighted by Crippen LogP contribution is -2.36. The molecule has 0 aromatic heterocycles. The van der Waals surface area contributed by atoms with Crippen LogP contribution in [0.1, 0.15) is 26.2 Å². The van der Waals surface area contributed by atoms with E-state index in [1.807, 2.05) is 6.92 Å². The number of carboxylic acids is 1. The highest BCUT2D eigenvalue weighted by atomic mass is 16.5. The van der Waals surface area contributed by atoms with Crippen molar-refractivity contribution in [2.24, 2.45) is 0 Å². The van der Waals surface area contributed by atoms with Crippen LogP contribution in [-0.4, -0.2) is 47.7 Å². The third-order valence-electron chi connectivity index (χ3n) is 2.22. The van der Waals surface area contributed by atoms with Crippen LogP contribution in [0.4, 0.5) is 0 Å². The molecule has 0 heterocycles. The molecule has 15 heavy (non-hydrogen) atoms. The molecule has 1 fully saturated rings. The predicted octanol–water partition coefficient (Wildman–Crippen LogP) is 0.489. The van der Waals surface area contributed by atoms with Crippen LogP contribution < -0.4 is 0 Å². The average Bonchev–Trinajstić information content (AvgIpc) is 2.96. The Hall–Kier alpha value is -1.10. The van der Waals surface area contributed by atoms with E-state index in [9.17, 15) is 9.59 Å². The van der Waals surface area contributed by atoms with E-state index >= 15 is 0 Å². The van der Waals surface area contributed by atoms with Crippen molar-refractivity contribution >= 4 is 11.9 Å². The maximum atomic E-state index is 11.6. The molecule has 0 radical (unpaired) electrons. The number of carbonyl (C=O) groups is 2. The number of amides is 1. The lowest BCUT2D eigenvalue weighted by molar-refractivity contribution is -0.146. The maximum Gasteiger partial charge on any atom is 0.329 e. The molecule has 0 atom stereocenters. The Morgan fingerprint density at radius 2 is 2.07 bits per heavy atom. The molecule has 86 valence electrons. The van der Waals surface area contributed by atoms with Gasteiger partial charge >= 0.3 is 5.97 Å².